The standard InChI is InChI=1S/C45H26N4O/c1-46-30-25-26-40-38(27-30)45(36-22-9-10-24-39(36)50-40)35-21-8-7-18-33(35)41-34(20-12-23-37(41)45)44-48-42(29-14-3-2-4-15-29)47-43(49-44)32-19-11-16-28-13-5-6-17-31(28)32/h2-27H. The van der Waals surface area contributed by atoms with E-state index < -0.39 is 5.41 Å². The van der Waals surface area contributed by atoms with Crippen molar-refractivity contribution in [1.82, 2.24) is 15.0 Å². The summed E-state index contributed by atoms with van der Waals surface area (Å²) < 4.78 is 6.54. The van der Waals surface area contributed by atoms with E-state index in [-0.39, 0.29) is 0 Å². The minimum atomic E-state index is -0.722. The van der Waals surface area contributed by atoms with Crippen LogP contribution in [0.2, 0.25) is 0 Å². The Morgan fingerprint density at radius 2 is 1.10 bits per heavy atom. The molecule has 10 rings (SSSR count). The number of benzene rings is 7. The third-order valence-corrected chi connectivity index (χ3v) is 10.0. The van der Waals surface area contributed by atoms with Crippen LogP contribution in [0, 0.1) is 6.57 Å². The summed E-state index contributed by atoms with van der Waals surface area (Å²) in [5.74, 6) is 3.37. The highest BCUT2D eigenvalue weighted by molar-refractivity contribution is 5.97. The Bertz CT molecular complexity index is 2710. The Labute approximate surface area is 289 Å². The molecule has 0 bridgehead atoms. The van der Waals surface area contributed by atoms with Crippen LogP contribution in [-0.2, 0) is 5.41 Å². The Hall–Kier alpha value is -6.90. The van der Waals surface area contributed by atoms with E-state index in [1.54, 1.807) is 0 Å². The summed E-state index contributed by atoms with van der Waals surface area (Å²) in [5.41, 5.74) is 9.01. The van der Waals surface area contributed by atoms with Gasteiger partial charge in [0.05, 0.1) is 12.0 Å². The molecular weight excluding hydrogens is 613 g/mol. The average Bonchev–Trinajstić information content (AvgIpc) is 3.48. The molecule has 50 heavy (non-hydrogen) atoms. The zero-order chi connectivity index (χ0) is 33.2. The molecule has 1 aromatic heterocycles. The van der Waals surface area contributed by atoms with Crippen molar-refractivity contribution in [3.8, 4) is 56.8 Å². The van der Waals surface area contributed by atoms with Gasteiger partial charge in [0.25, 0.3) is 0 Å². The van der Waals surface area contributed by atoms with Gasteiger partial charge in [-0.1, -0.05) is 140 Å². The van der Waals surface area contributed by atoms with Gasteiger partial charge in [-0.25, -0.2) is 19.8 Å². The van der Waals surface area contributed by atoms with Crippen molar-refractivity contribution in [1.29, 1.82) is 0 Å². The predicted molar refractivity (Wildman–Crippen MR) is 197 cm³/mol. The second kappa shape index (κ2) is 10.8. The number of hydrogen-bond acceptors (Lipinski definition) is 4. The topological polar surface area (TPSA) is 52.3 Å². The second-order valence-electron chi connectivity index (χ2n) is 12.6. The van der Waals surface area contributed by atoms with Gasteiger partial charge in [0.2, 0.25) is 0 Å². The molecule has 0 fully saturated rings. The highest BCUT2D eigenvalue weighted by Crippen LogP contribution is 2.63. The molecule has 5 nitrogen and oxygen atoms in total. The van der Waals surface area contributed by atoms with Crippen LogP contribution in [0.3, 0.4) is 0 Å². The molecule has 7 aromatic carbocycles. The van der Waals surface area contributed by atoms with Crippen LogP contribution < -0.4 is 4.74 Å². The minimum Gasteiger partial charge on any atom is -0.457 e. The van der Waals surface area contributed by atoms with Gasteiger partial charge in [-0.3, -0.25) is 0 Å². The zero-order valence-corrected chi connectivity index (χ0v) is 26.7. The average molecular weight is 639 g/mol. The summed E-state index contributed by atoms with van der Waals surface area (Å²) >= 11 is 0. The van der Waals surface area contributed by atoms with Crippen LogP contribution in [-0.4, -0.2) is 15.0 Å². The van der Waals surface area contributed by atoms with Crippen molar-refractivity contribution in [3.63, 3.8) is 0 Å². The maximum atomic E-state index is 7.90. The normalized spacial score (nSPS) is 15.0. The Balaban J connectivity index is 1.30. The highest BCUT2D eigenvalue weighted by atomic mass is 16.5. The van der Waals surface area contributed by atoms with Crippen LogP contribution in [0.25, 0.3) is 60.9 Å². The molecule has 1 aliphatic carbocycles. The van der Waals surface area contributed by atoms with Gasteiger partial charge in [-0.15, -0.1) is 0 Å². The van der Waals surface area contributed by atoms with Gasteiger partial charge >= 0.3 is 0 Å². The number of ether oxygens (including phenoxy) is 1. The van der Waals surface area contributed by atoms with Crippen LogP contribution in [0.4, 0.5) is 5.69 Å². The van der Waals surface area contributed by atoms with E-state index in [9.17, 15) is 0 Å². The first-order chi connectivity index (χ1) is 24.7. The van der Waals surface area contributed by atoms with Gasteiger partial charge in [-0.05, 0) is 51.2 Å². The number of aromatic nitrogens is 3. The predicted octanol–water partition coefficient (Wildman–Crippen LogP) is 11.0. The van der Waals surface area contributed by atoms with Crippen molar-refractivity contribution in [2.75, 3.05) is 0 Å². The van der Waals surface area contributed by atoms with Gasteiger partial charge in [-0.2, -0.15) is 0 Å². The van der Waals surface area contributed by atoms with Gasteiger partial charge in [0.15, 0.2) is 23.2 Å². The molecule has 5 heteroatoms. The van der Waals surface area contributed by atoms with E-state index in [4.69, 9.17) is 26.3 Å². The molecule has 1 unspecified atom stereocenters. The molecular formula is C45H26N4O. The van der Waals surface area contributed by atoms with E-state index in [0.29, 0.717) is 23.2 Å². The largest absolute Gasteiger partial charge is 0.457 e. The SMILES string of the molecule is [C-]#[N+]c1ccc2c(c1)C1(c3ccccc3O2)c2ccccc2-c2c(-c3nc(-c4ccccc4)nc(-c4cccc5ccccc45)n3)cccc21. The first kappa shape index (κ1) is 28.1. The summed E-state index contributed by atoms with van der Waals surface area (Å²) in [6.45, 7) is 7.90. The van der Waals surface area contributed by atoms with E-state index in [1.165, 1.54) is 0 Å². The monoisotopic (exact) mass is 638 g/mol. The van der Waals surface area contributed by atoms with Crippen LogP contribution in [0.1, 0.15) is 22.3 Å². The maximum Gasteiger partial charge on any atom is 0.187 e. The molecule has 0 radical (unpaired) electrons. The van der Waals surface area contributed by atoms with Crippen molar-refractivity contribution < 1.29 is 4.74 Å². The first-order valence-corrected chi connectivity index (χ1v) is 16.6. The zero-order valence-electron chi connectivity index (χ0n) is 26.7. The van der Waals surface area contributed by atoms with E-state index >= 15 is 0 Å². The molecule has 0 saturated heterocycles. The van der Waals surface area contributed by atoms with Crippen molar-refractivity contribution in [2.45, 2.75) is 5.41 Å². The molecule has 1 aliphatic heterocycles. The summed E-state index contributed by atoms with van der Waals surface area (Å²) in [7, 11) is 0. The van der Waals surface area contributed by atoms with E-state index in [0.717, 1.165) is 72.3 Å². The van der Waals surface area contributed by atoms with Gasteiger partial charge < -0.3 is 4.74 Å². The van der Waals surface area contributed by atoms with E-state index in [2.05, 4.69) is 102 Å². The van der Waals surface area contributed by atoms with Crippen molar-refractivity contribution >= 4 is 16.5 Å². The number of rotatable bonds is 3. The number of nitrogens with zero attached hydrogens (tertiary/aromatic N) is 4. The molecule has 0 saturated carbocycles. The summed E-state index contributed by atoms with van der Waals surface area (Å²) in [5, 5.41) is 2.21. The Morgan fingerprint density at radius 3 is 1.98 bits per heavy atom. The lowest BCUT2D eigenvalue weighted by Crippen LogP contribution is -2.32. The molecule has 2 aliphatic rings. The lowest BCUT2D eigenvalue weighted by molar-refractivity contribution is 0.436. The minimum absolute atomic E-state index is 0.567. The molecule has 1 spiro atoms. The summed E-state index contributed by atoms with van der Waals surface area (Å²) in [4.78, 5) is 19.4. The maximum absolute atomic E-state index is 7.90. The van der Waals surface area contributed by atoms with Crippen LogP contribution in [0.15, 0.2) is 158 Å². The molecule has 0 N–H and O–H groups in total. The summed E-state index contributed by atoms with van der Waals surface area (Å²) in [6, 6.07) is 53.7. The lowest BCUT2D eigenvalue weighted by Gasteiger charge is -2.39. The fraction of sp³-hybridized carbons (Fsp3) is 0.0222. The van der Waals surface area contributed by atoms with E-state index in [1.807, 2.05) is 60.7 Å². The second-order valence-corrected chi connectivity index (χ2v) is 12.6. The Morgan fingerprint density at radius 1 is 0.480 bits per heavy atom. The third-order valence-electron chi connectivity index (χ3n) is 10.0. The molecule has 232 valence electrons. The first-order valence-electron chi connectivity index (χ1n) is 16.6. The molecule has 2 heterocycles. The summed E-state index contributed by atoms with van der Waals surface area (Å²) in [6.07, 6.45) is 0. The van der Waals surface area contributed by atoms with Gasteiger partial charge in [0, 0.05) is 27.8 Å². The smallest absolute Gasteiger partial charge is 0.187 e. The molecule has 1 atom stereocenters. The molecule has 8 aromatic rings. The fourth-order valence-electron chi connectivity index (χ4n) is 7.95. The van der Waals surface area contributed by atoms with Gasteiger partial charge in [0.1, 0.15) is 11.5 Å². The quantitative estimate of drug-likeness (QED) is 0.181. The Kier molecular flexibility index (Phi) is 6.09. The van der Waals surface area contributed by atoms with Crippen molar-refractivity contribution in [3.05, 3.63) is 191 Å². The number of hydrogen-bond donors (Lipinski definition) is 0. The van der Waals surface area contributed by atoms with Crippen molar-refractivity contribution in [2.24, 2.45) is 0 Å². The number of fused-ring (bicyclic) bond motifs is 10. The highest BCUT2D eigenvalue weighted by Gasteiger charge is 2.51. The fourth-order valence-corrected chi connectivity index (χ4v) is 7.95. The van der Waals surface area contributed by atoms with Crippen LogP contribution >= 0.6 is 0 Å². The molecule has 0 amide bonds. The lowest BCUT2D eigenvalue weighted by atomic mass is 9.66. The number of para-hydroxylation sites is 1. The van der Waals surface area contributed by atoms with Crippen LogP contribution in [0.5, 0.6) is 11.5 Å². The third kappa shape index (κ3) is 3.97.